The normalized spacial score (nSPS) is 21.6. The molecule has 0 spiro atoms. The third-order valence-corrected chi connectivity index (χ3v) is 8.20. The van der Waals surface area contributed by atoms with Gasteiger partial charge in [-0.3, -0.25) is 9.69 Å². The quantitative estimate of drug-likeness (QED) is 0.603. The number of carbonyl (C=O) groups excluding carboxylic acids is 1. The van der Waals surface area contributed by atoms with Crippen molar-refractivity contribution in [2.24, 2.45) is 0 Å². The first-order valence-corrected chi connectivity index (χ1v) is 13.7. The Balaban J connectivity index is 1.19. The zero-order chi connectivity index (χ0) is 26.9. The number of aromatic nitrogens is 2. The van der Waals surface area contributed by atoms with E-state index in [0.29, 0.717) is 30.7 Å². The minimum Gasteiger partial charge on any atom is -0.481 e. The molecule has 1 N–H and O–H groups in total. The van der Waals surface area contributed by atoms with Crippen molar-refractivity contribution in [3.63, 3.8) is 0 Å². The van der Waals surface area contributed by atoms with Crippen LogP contribution in [0.15, 0.2) is 18.3 Å². The summed E-state index contributed by atoms with van der Waals surface area (Å²) in [5.41, 5.74) is 3.97. The predicted molar refractivity (Wildman–Crippen MR) is 146 cm³/mol. The number of piperidine rings is 1. The molecule has 10 heteroatoms. The number of carbonyl (C=O) groups is 1. The average Bonchev–Trinajstić information content (AvgIpc) is 3.08. The Morgan fingerprint density at radius 3 is 2.67 bits per heavy atom. The van der Waals surface area contributed by atoms with Crippen LogP contribution in [0.25, 0.3) is 0 Å². The van der Waals surface area contributed by atoms with Crippen molar-refractivity contribution in [2.45, 2.75) is 44.8 Å². The molecule has 4 aliphatic rings. The van der Waals surface area contributed by atoms with Gasteiger partial charge in [0.2, 0.25) is 0 Å². The summed E-state index contributed by atoms with van der Waals surface area (Å²) in [6.45, 7) is 9.95. The monoisotopic (exact) mass is 527 g/mol. The van der Waals surface area contributed by atoms with E-state index in [9.17, 15) is 10.1 Å². The molecule has 0 aliphatic carbocycles. The van der Waals surface area contributed by atoms with Crippen LogP contribution in [0, 0.1) is 23.2 Å². The van der Waals surface area contributed by atoms with Gasteiger partial charge in [0.05, 0.1) is 24.5 Å². The van der Waals surface area contributed by atoms with Crippen LogP contribution < -0.4 is 15.0 Å². The number of amides is 1. The molecule has 1 amide bonds. The number of nitrogens with zero attached hydrogens (tertiary/aromatic N) is 6. The van der Waals surface area contributed by atoms with Gasteiger partial charge in [-0.1, -0.05) is 5.92 Å². The number of morpholine rings is 1. The molecule has 1 unspecified atom stereocenters. The fourth-order valence-corrected chi connectivity index (χ4v) is 6.07. The summed E-state index contributed by atoms with van der Waals surface area (Å²) in [6, 6.07) is 6.76. The van der Waals surface area contributed by atoms with E-state index in [1.165, 1.54) is 0 Å². The molecule has 0 aromatic carbocycles. The number of ether oxygens (including phenoxy) is 2. The number of hydrogen-bond donors (Lipinski definition) is 1. The average molecular weight is 528 g/mol. The topological polar surface area (TPSA) is 107 Å². The summed E-state index contributed by atoms with van der Waals surface area (Å²) in [6.07, 6.45) is 3.41. The molecule has 2 aromatic heterocycles. The molecule has 2 aromatic rings. The van der Waals surface area contributed by atoms with Crippen molar-refractivity contribution in [3.05, 3.63) is 35.3 Å². The lowest BCUT2D eigenvalue weighted by Gasteiger charge is -2.46. The summed E-state index contributed by atoms with van der Waals surface area (Å²) in [5, 5.41) is 13.5. The van der Waals surface area contributed by atoms with Crippen molar-refractivity contribution in [3.8, 4) is 23.7 Å². The van der Waals surface area contributed by atoms with Crippen LogP contribution in [-0.4, -0.2) is 84.2 Å². The first kappa shape index (κ1) is 25.4. The van der Waals surface area contributed by atoms with Crippen LogP contribution in [-0.2, 0) is 9.53 Å². The highest BCUT2D eigenvalue weighted by Crippen LogP contribution is 2.44. The summed E-state index contributed by atoms with van der Waals surface area (Å²) < 4.78 is 11.9. The Bertz CT molecular complexity index is 1360. The Labute approximate surface area is 228 Å². The van der Waals surface area contributed by atoms with E-state index in [2.05, 4.69) is 38.0 Å². The molecule has 3 saturated heterocycles. The van der Waals surface area contributed by atoms with E-state index in [1.54, 1.807) is 6.92 Å². The van der Waals surface area contributed by atoms with Crippen molar-refractivity contribution in [1.29, 1.82) is 5.26 Å². The zero-order valence-electron chi connectivity index (χ0n) is 22.4. The van der Waals surface area contributed by atoms with E-state index in [4.69, 9.17) is 14.5 Å². The van der Waals surface area contributed by atoms with Crippen LogP contribution in [0.1, 0.15) is 55.7 Å². The highest BCUT2D eigenvalue weighted by Gasteiger charge is 2.37. The maximum Gasteiger partial charge on any atom is 0.298 e. The molecule has 3 fully saturated rings. The van der Waals surface area contributed by atoms with E-state index in [-0.39, 0.29) is 17.9 Å². The van der Waals surface area contributed by atoms with Gasteiger partial charge in [-0.05, 0) is 44.7 Å². The van der Waals surface area contributed by atoms with Gasteiger partial charge in [0.15, 0.2) is 11.4 Å². The van der Waals surface area contributed by atoms with Crippen molar-refractivity contribution in [2.75, 3.05) is 62.7 Å². The Hall–Kier alpha value is -3.86. The Morgan fingerprint density at radius 1 is 1.18 bits per heavy atom. The van der Waals surface area contributed by atoms with Crippen molar-refractivity contribution < 1.29 is 14.3 Å². The Kier molecular flexibility index (Phi) is 6.99. The number of nitrogens with one attached hydrogen (secondary N) is 1. The molecular weight excluding hydrogens is 494 g/mol. The number of likely N-dealkylation sites (tertiary alicyclic amines) is 2. The van der Waals surface area contributed by atoms with Crippen LogP contribution >= 0.6 is 0 Å². The number of nitriles is 1. The minimum absolute atomic E-state index is 0.0761. The van der Waals surface area contributed by atoms with Crippen molar-refractivity contribution >= 4 is 23.1 Å². The number of fused-ring (bicyclic) bond motifs is 2. The van der Waals surface area contributed by atoms with Crippen molar-refractivity contribution in [1.82, 2.24) is 19.8 Å². The largest absolute Gasteiger partial charge is 0.481 e. The molecule has 202 valence electrons. The highest BCUT2D eigenvalue weighted by molar-refractivity contribution is 5.93. The van der Waals surface area contributed by atoms with Gasteiger partial charge in [-0.25, -0.2) is 9.97 Å². The first-order chi connectivity index (χ1) is 19.1. The highest BCUT2D eigenvalue weighted by atomic mass is 16.5. The van der Waals surface area contributed by atoms with Gasteiger partial charge >= 0.3 is 0 Å². The second-order valence-electron chi connectivity index (χ2n) is 10.5. The Morgan fingerprint density at radius 2 is 1.95 bits per heavy atom. The predicted octanol–water partition coefficient (Wildman–Crippen LogP) is 2.80. The maximum absolute atomic E-state index is 12.1. The van der Waals surface area contributed by atoms with E-state index in [0.717, 1.165) is 80.6 Å². The molecule has 0 saturated carbocycles. The summed E-state index contributed by atoms with van der Waals surface area (Å²) in [5.74, 6) is 6.73. The number of rotatable bonds is 3. The van der Waals surface area contributed by atoms with Gasteiger partial charge in [0.25, 0.3) is 5.91 Å². The minimum atomic E-state index is -0.305. The number of hydrogen-bond acceptors (Lipinski definition) is 9. The summed E-state index contributed by atoms with van der Waals surface area (Å²) in [4.78, 5) is 28.1. The molecule has 39 heavy (non-hydrogen) atoms. The molecule has 4 aliphatic heterocycles. The van der Waals surface area contributed by atoms with E-state index < -0.39 is 0 Å². The number of anilines is 3. The first-order valence-electron chi connectivity index (χ1n) is 13.7. The van der Waals surface area contributed by atoms with E-state index >= 15 is 0 Å². The second-order valence-corrected chi connectivity index (χ2v) is 10.5. The lowest BCUT2D eigenvalue weighted by atomic mass is 9.90. The second kappa shape index (κ2) is 10.7. The zero-order valence-corrected chi connectivity index (χ0v) is 22.4. The molecule has 0 bridgehead atoms. The third kappa shape index (κ3) is 4.87. The standard InChI is InChI=1S/C29H33N7O3/c1-3-4-26(37)35-9-6-21(7-10-35)36-17-20(18-36)22-15-23-28(24(16-30)32-22)39-19(2)27-25(5-8-31-29(27)33-23)34-11-13-38-14-12-34/h5,8,15,19-21H,6-7,9-14,17-18H2,1-2H3,(H,31,33). The van der Waals surface area contributed by atoms with Crippen LogP contribution in [0.2, 0.25) is 0 Å². The fraction of sp³-hybridized carbons (Fsp3) is 0.517. The van der Waals surface area contributed by atoms with Crippen LogP contribution in [0.5, 0.6) is 5.75 Å². The van der Waals surface area contributed by atoms with Gasteiger partial charge < -0.3 is 24.6 Å². The van der Waals surface area contributed by atoms with Crippen LogP contribution in [0.4, 0.5) is 17.2 Å². The van der Waals surface area contributed by atoms with Crippen LogP contribution in [0.3, 0.4) is 0 Å². The van der Waals surface area contributed by atoms with E-state index in [1.807, 2.05) is 30.2 Å². The fourth-order valence-electron chi connectivity index (χ4n) is 6.07. The molecule has 10 nitrogen and oxygen atoms in total. The molecule has 6 heterocycles. The van der Waals surface area contributed by atoms with Gasteiger partial charge in [-0.15, -0.1) is 0 Å². The molecule has 0 radical (unpaired) electrons. The lowest BCUT2D eigenvalue weighted by Crippen LogP contribution is -2.54. The lowest BCUT2D eigenvalue weighted by molar-refractivity contribution is -0.126. The maximum atomic E-state index is 12.1. The smallest absolute Gasteiger partial charge is 0.298 e. The van der Waals surface area contributed by atoms with Gasteiger partial charge in [0, 0.05) is 68.8 Å². The summed E-state index contributed by atoms with van der Waals surface area (Å²) >= 11 is 0. The summed E-state index contributed by atoms with van der Waals surface area (Å²) in [7, 11) is 0. The SMILES string of the molecule is CC#CC(=O)N1CCC(N2CC(c3cc4c(c(C#N)n3)OC(C)c3c(N5CCOCC5)ccnc3N4)C2)CC1. The third-order valence-electron chi connectivity index (χ3n) is 8.20. The van der Waals surface area contributed by atoms with Gasteiger partial charge in [0.1, 0.15) is 18.0 Å². The number of pyridine rings is 2. The van der Waals surface area contributed by atoms with Gasteiger partial charge in [-0.2, -0.15) is 5.26 Å². The molecule has 6 rings (SSSR count). The molecular formula is C29H33N7O3. The molecule has 1 atom stereocenters.